The highest BCUT2D eigenvalue weighted by molar-refractivity contribution is 7.84. The second kappa shape index (κ2) is 8.07. The van der Waals surface area contributed by atoms with Gasteiger partial charge in [-0.3, -0.25) is 4.21 Å². The highest BCUT2D eigenvalue weighted by atomic mass is 32.2. The monoisotopic (exact) mass is 359 g/mol. The molecule has 0 aliphatic rings. The van der Waals surface area contributed by atoms with Gasteiger partial charge < -0.3 is 9.15 Å². The van der Waals surface area contributed by atoms with Crippen molar-refractivity contribution >= 4 is 10.8 Å². The van der Waals surface area contributed by atoms with E-state index in [0.29, 0.717) is 35.3 Å². The maximum atomic E-state index is 12.9. The summed E-state index contributed by atoms with van der Waals surface area (Å²) in [6.45, 7) is 2.35. The molecule has 3 rings (SSSR count). The minimum Gasteiger partial charge on any atom is -0.492 e. The van der Waals surface area contributed by atoms with Crippen molar-refractivity contribution < 1.29 is 17.8 Å². The number of ether oxygens (including phenoxy) is 1. The number of hydrogen-bond acceptors (Lipinski definition) is 4. The third-order valence-corrected chi connectivity index (χ3v) is 4.85. The van der Waals surface area contributed by atoms with Crippen molar-refractivity contribution in [2.45, 2.75) is 12.7 Å². The van der Waals surface area contributed by atoms with Crippen LogP contribution in [0.25, 0.3) is 11.5 Å². The Morgan fingerprint density at radius 2 is 1.92 bits per heavy atom. The first kappa shape index (κ1) is 17.4. The predicted molar refractivity (Wildman–Crippen MR) is 95.3 cm³/mol. The van der Waals surface area contributed by atoms with E-state index >= 15 is 0 Å². The second-order valence-electron chi connectivity index (χ2n) is 5.55. The van der Waals surface area contributed by atoms with Crippen molar-refractivity contribution in [2.24, 2.45) is 0 Å². The SMILES string of the molecule is Cc1ccccc1OCCS(=O)Cc1coc(-c2ccc(F)cc2)n1. The van der Waals surface area contributed by atoms with Gasteiger partial charge in [0.1, 0.15) is 17.8 Å². The third-order valence-electron chi connectivity index (χ3n) is 3.61. The summed E-state index contributed by atoms with van der Waals surface area (Å²) >= 11 is 0. The second-order valence-corrected chi connectivity index (χ2v) is 7.13. The summed E-state index contributed by atoms with van der Waals surface area (Å²) in [4.78, 5) is 4.31. The number of aromatic nitrogens is 1. The van der Waals surface area contributed by atoms with Crippen molar-refractivity contribution in [1.82, 2.24) is 4.98 Å². The van der Waals surface area contributed by atoms with Crippen LogP contribution in [0.4, 0.5) is 4.39 Å². The fourth-order valence-corrected chi connectivity index (χ4v) is 3.17. The normalized spacial score (nSPS) is 12.1. The van der Waals surface area contributed by atoms with Crippen molar-refractivity contribution in [1.29, 1.82) is 0 Å². The molecule has 0 saturated carbocycles. The lowest BCUT2D eigenvalue weighted by Crippen LogP contribution is -2.10. The van der Waals surface area contributed by atoms with Gasteiger partial charge in [-0.25, -0.2) is 9.37 Å². The summed E-state index contributed by atoms with van der Waals surface area (Å²) in [5, 5.41) is 0. The average Bonchev–Trinajstić information content (AvgIpc) is 3.05. The number of hydrogen-bond donors (Lipinski definition) is 0. The Kier molecular flexibility index (Phi) is 5.60. The highest BCUT2D eigenvalue weighted by Crippen LogP contribution is 2.20. The summed E-state index contributed by atoms with van der Waals surface area (Å²) in [5.74, 6) is 1.59. The zero-order valence-electron chi connectivity index (χ0n) is 13.8. The lowest BCUT2D eigenvalue weighted by atomic mass is 10.2. The van der Waals surface area contributed by atoms with E-state index < -0.39 is 10.8 Å². The van der Waals surface area contributed by atoms with Crippen LogP contribution in [0.5, 0.6) is 5.75 Å². The van der Waals surface area contributed by atoms with Crippen LogP contribution in [0.3, 0.4) is 0 Å². The molecule has 1 unspecified atom stereocenters. The summed E-state index contributed by atoms with van der Waals surface area (Å²) in [6, 6.07) is 13.6. The first-order chi connectivity index (χ1) is 12.1. The largest absolute Gasteiger partial charge is 0.492 e. The molecule has 1 heterocycles. The molecule has 4 nitrogen and oxygen atoms in total. The van der Waals surface area contributed by atoms with Gasteiger partial charge in [-0.2, -0.15) is 0 Å². The molecular weight excluding hydrogens is 341 g/mol. The number of aryl methyl sites for hydroxylation is 1. The van der Waals surface area contributed by atoms with Gasteiger partial charge in [0.15, 0.2) is 0 Å². The van der Waals surface area contributed by atoms with Crippen LogP contribution >= 0.6 is 0 Å². The van der Waals surface area contributed by atoms with Gasteiger partial charge in [-0.15, -0.1) is 0 Å². The Hall–Kier alpha value is -2.47. The Morgan fingerprint density at radius 1 is 1.16 bits per heavy atom. The number of oxazole rings is 1. The molecule has 0 spiro atoms. The van der Waals surface area contributed by atoms with Gasteiger partial charge in [-0.1, -0.05) is 18.2 Å². The molecule has 0 aliphatic heterocycles. The van der Waals surface area contributed by atoms with Crippen LogP contribution in [0.1, 0.15) is 11.3 Å². The van der Waals surface area contributed by atoms with Crippen molar-refractivity contribution in [2.75, 3.05) is 12.4 Å². The van der Waals surface area contributed by atoms with E-state index in [-0.39, 0.29) is 5.82 Å². The third kappa shape index (κ3) is 4.76. The van der Waals surface area contributed by atoms with Crippen LogP contribution in [0.15, 0.2) is 59.2 Å². The van der Waals surface area contributed by atoms with Gasteiger partial charge in [0.2, 0.25) is 5.89 Å². The molecule has 0 saturated heterocycles. The molecule has 0 fully saturated rings. The lowest BCUT2D eigenvalue weighted by Gasteiger charge is -2.08. The van der Waals surface area contributed by atoms with Gasteiger partial charge >= 0.3 is 0 Å². The molecule has 0 aliphatic carbocycles. The Bertz CT molecular complexity index is 861. The highest BCUT2D eigenvalue weighted by Gasteiger charge is 2.10. The quantitative estimate of drug-likeness (QED) is 0.637. The number of benzene rings is 2. The molecule has 1 atom stereocenters. The predicted octanol–water partition coefficient (Wildman–Crippen LogP) is 4.12. The zero-order chi connectivity index (χ0) is 17.6. The van der Waals surface area contributed by atoms with Crippen molar-refractivity contribution in [3.05, 3.63) is 71.9 Å². The zero-order valence-corrected chi connectivity index (χ0v) is 14.6. The van der Waals surface area contributed by atoms with E-state index in [1.807, 2.05) is 31.2 Å². The van der Waals surface area contributed by atoms with Gasteiger partial charge in [0.25, 0.3) is 0 Å². The molecule has 6 heteroatoms. The minimum absolute atomic E-state index is 0.293. The summed E-state index contributed by atoms with van der Waals surface area (Å²) in [6.07, 6.45) is 1.48. The molecule has 0 amide bonds. The Labute approximate surface area is 148 Å². The molecule has 25 heavy (non-hydrogen) atoms. The van der Waals surface area contributed by atoms with E-state index in [0.717, 1.165) is 11.3 Å². The van der Waals surface area contributed by atoms with Crippen LogP contribution in [0, 0.1) is 12.7 Å². The molecular formula is C19H18FNO3S. The smallest absolute Gasteiger partial charge is 0.226 e. The average molecular weight is 359 g/mol. The fraction of sp³-hybridized carbons (Fsp3) is 0.211. The maximum absolute atomic E-state index is 12.9. The molecule has 1 aromatic heterocycles. The van der Waals surface area contributed by atoms with E-state index in [1.54, 1.807) is 12.1 Å². The molecule has 0 N–H and O–H groups in total. The van der Waals surface area contributed by atoms with Crippen molar-refractivity contribution in [3.8, 4) is 17.2 Å². The van der Waals surface area contributed by atoms with E-state index in [4.69, 9.17) is 9.15 Å². The lowest BCUT2D eigenvalue weighted by molar-refractivity contribution is 0.340. The molecule has 2 aromatic carbocycles. The summed E-state index contributed by atoms with van der Waals surface area (Å²) in [5.41, 5.74) is 2.34. The maximum Gasteiger partial charge on any atom is 0.226 e. The number of rotatable bonds is 7. The van der Waals surface area contributed by atoms with E-state index in [2.05, 4.69) is 4.98 Å². The first-order valence-corrected chi connectivity index (χ1v) is 9.34. The summed E-state index contributed by atoms with van der Waals surface area (Å²) < 4.78 is 36.2. The topological polar surface area (TPSA) is 52.3 Å². The van der Waals surface area contributed by atoms with Crippen molar-refractivity contribution in [3.63, 3.8) is 0 Å². The molecule has 130 valence electrons. The number of para-hydroxylation sites is 1. The Morgan fingerprint density at radius 3 is 2.68 bits per heavy atom. The van der Waals surface area contributed by atoms with Gasteiger partial charge in [0.05, 0.1) is 23.8 Å². The minimum atomic E-state index is -1.11. The van der Waals surface area contributed by atoms with E-state index in [1.165, 1.54) is 18.4 Å². The first-order valence-electron chi connectivity index (χ1n) is 7.85. The summed E-state index contributed by atoms with van der Waals surface area (Å²) in [7, 11) is -1.11. The Balaban J connectivity index is 1.51. The van der Waals surface area contributed by atoms with Crippen LogP contribution < -0.4 is 4.74 Å². The standard InChI is InChI=1S/C19H18FNO3S/c1-14-4-2-3-5-18(14)23-10-11-25(22)13-17-12-24-19(21-17)15-6-8-16(20)9-7-15/h2-9,12H,10-11,13H2,1H3. The molecule has 3 aromatic rings. The number of halogens is 1. The van der Waals surface area contributed by atoms with Gasteiger partial charge in [-0.05, 0) is 42.8 Å². The van der Waals surface area contributed by atoms with Crippen LogP contribution in [-0.4, -0.2) is 21.6 Å². The molecule has 0 radical (unpaired) electrons. The van der Waals surface area contributed by atoms with E-state index in [9.17, 15) is 8.60 Å². The van der Waals surface area contributed by atoms with Crippen LogP contribution in [-0.2, 0) is 16.6 Å². The number of nitrogens with zero attached hydrogens (tertiary/aromatic N) is 1. The fourth-order valence-electron chi connectivity index (χ4n) is 2.30. The molecule has 0 bridgehead atoms. The van der Waals surface area contributed by atoms with Gasteiger partial charge in [0, 0.05) is 16.4 Å². The van der Waals surface area contributed by atoms with Crippen LogP contribution in [0.2, 0.25) is 0 Å².